The minimum Gasteiger partial charge on any atom is -0.467 e. The Bertz CT molecular complexity index is 279. The van der Waals surface area contributed by atoms with Crippen LogP contribution >= 0.6 is 0 Å². The first-order valence-electron chi connectivity index (χ1n) is 5.90. The van der Waals surface area contributed by atoms with E-state index in [1.807, 2.05) is 0 Å². The van der Waals surface area contributed by atoms with E-state index in [4.69, 9.17) is 14.2 Å². The lowest BCUT2D eigenvalue weighted by Gasteiger charge is -2.48. The topological polar surface area (TPSA) is 44.8 Å². The van der Waals surface area contributed by atoms with Crippen molar-refractivity contribution in [2.45, 2.75) is 51.4 Å². The Morgan fingerprint density at radius 3 is 2.69 bits per heavy atom. The normalized spacial score (nSPS) is 37.6. The zero-order valence-corrected chi connectivity index (χ0v) is 10.2. The molecule has 0 aromatic carbocycles. The Balaban J connectivity index is 2.16. The third-order valence-corrected chi connectivity index (χ3v) is 3.84. The molecule has 0 bridgehead atoms. The third-order valence-electron chi connectivity index (χ3n) is 3.84. The van der Waals surface area contributed by atoms with Gasteiger partial charge in [0.25, 0.3) is 0 Å². The van der Waals surface area contributed by atoms with E-state index in [9.17, 15) is 4.79 Å². The predicted octanol–water partition coefficient (Wildman–Crippen LogP) is 1.87. The molecule has 16 heavy (non-hydrogen) atoms. The molecule has 0 saturated carbocycles. The molecule has 0 radical (unpaired) electrons. The summed E-state index contributed by atoms with van der Waals surface area (Å²) in [5.74, 6) is -0.866. The van der Waals surface area contributed by atoms with Crippen LogP contribution < -0.4 is 0 Å². The van der Waals surface area contributed by atoms with Gasteiger partial charge in [-0.2, -0.15) is 0 Å². The molecule has 2 fully saturated rings. The van der Waals surface area contributed by atoms with Crippen LogP contribution in [0.5, 0.6) is 0 Å². The average molecular weight is 228 g/mol. The second-order valence-electron chi connectivity index (χ2n) is 5.26. The molecule has 2 aliphatic rings. The van der Waals surface area contributed by atoms with Crippen molar-refractivity contribution in [3.63, 3.8) is 0 Å². The maximum atomic E-state index is 11.5. The largest absolute Gasteiger partial charge is 0.467 e. The Morgan fingerprint density at radius 2 is 2.12 bits per heavy atom. The summed E-state index contributed by atoms with van der Waals surface area (Å²) in [6, 6.07) is 0. The number of esters is 1. The van der Waals surface area contributed by atoms with Gasteiger partial charge in [-0.15, -0.1) is 0 Å². The van der Waals surface area contributed by atoms with E-state index < -0.39 is 11.9 Å². The fourth-order valence-corrected chi connectivity index (χ4v) is 2.67. The summed E-state index contributed by atoms with van der Waals surface area (Å²) in [6.07, 6.45) is 3.04. The minimum atomic E-state index is -0.579. The van der Waals surface area contributed by atoms with Crippen LogP contribution in [0.2, 0.25) is 0 Å². The van der Waals surface area contributed by atoms with Crippen LogP contribution in [0.15, 0.2) is 0 Å². The predicted molar refractivity (Wildman–Crippen MR) is 57.8 cm³/mol. The summed E-state index contributed by atoms with van der Waals surface area (Å²) < 4.78 is 16.4. The van der Waals surface area contributed by atoms with Gasteiger partial charge in [0, 0.05) is 11.8 Å². The first-order valence-corrected chi connectivity index (χ1v) is 5.90. The van der Waals surface area contributed by atoms with Crippen molar-refractivity contribution in [2.75, 3.05) is 13.7 Å². The number of rotatable bonds is 1. The van der Waals surface area contributed by atoms with E-state index >= 15 is 0 Å². The summed E-state index contributed by atoms with van der Waals surface area (Å²) in [5, 5.41) is 0. The number of methoxy groups -OCH3 is 1. The molecular formula is C12H20O4. The number of hydrogen-bond donors (Lipinski definition) is 0. The van der Waals surface area contributed by atoms with Crippen LogP contribution in [0.3, 0.4) is 0 Å². The lowest BCUT2D eigenvalue weighted by atomic mass is 9.75. The maximum Gasteiger partial charge on any atom is 0.335 e. The van der Waals surface area contributed by atoms with Gasteiger partial charge in [0.15, 0.2) is 11.9 Å². The van der Waals surface area contributed by atoms with E-state index in [2.05, 4.69) is 13.8 Å². The monoisotopic (exact) mass is 228 g/mol. The molecule has 0 aromatic rings. The Labute approximate surface area is 96.2 Å². The summed E-state index contributed by atoms with van der Waals surface area (Å²) in [5.41, 5.74) is -0.0337. The standard InChI is InChI=1S/C12H20O4/c1-11(2)7-5-9(10(13)14-3)16-12(11)6-4-8-15-12/h9H,4-8H2,1-3H3/t9-,12-/m0/s1. The highest BCUT2D eigenvalue weighted by Crippen LogP contribution is 2.50. The van der Waals surface area contributed by atoms with E-state index in [1.54, 1.807) is 0 Å². The van der Waals surface area contributed by atoms with Gasteiger partial charge in [0.1, 0.15) is 0 Å². The molecule has 0 amide bonds. The van der Waals surface area contributed by atoms with Crippen LogP contribution in [0.1, 0.15) is 39.5 Å². The van der Waals surface area contributed by atoms with E-state index in [0.717, 1.165) is 25.9 Å². The molecule has 92 valence electrons. The third kappa shape index (κ3) is 1.74. The molecule has 0 N–H and O–H groups in total. The van der Waals surface area contributed by atoms with Crippen LogP contribution in [0, 0.1) is 5.41 Å². The summed E-state index contributed by atoms with van der Waals surface area (Å²) in [4.78, 5) is 11.5. The van der Waals surface area contributed by atoms with Crippen LogP contribution in [-0.2, 0) is 19.0 Å². The molecule has 4 nitrogen and oxygen atoms in total. The number of carbonyl (C=O) groups is 1. The van der Waals surface area contributed by atoms with Crippen molar-refractivity contribution >= 4 is 5.97 Å². The fraction of sp³-hybridized carbons (Fsp3) is 0.917. The van der Waals surface area contributed by atoms with Crippen molar-refractivity contribution in [1.29, 1.82) is 0 Å². The molecule has 2 atom stereocenters. The van der Waals surface area contributed by atoms with Gasteiger partial charge in [-0.05, 0) is 19.3 Å². The molecule has 2 heterocycles. The first kappa shape index (κ1) is 11.9. The highest BCUT2D eigenvalue weighted by molar-refractivity contribution is 5.74. The summed E-state index contributed by atoms with van der Waals surface area (Å²) in [6.45, 7) is 5.01. The van der Waals surface area contributed by atoms with Crippen molar-refractivity contribution in [2.24, 2.45) is 5.41 Å². The summed E-state index contributed by atoms with van der Waals surface area (Å²) >= 11 is 0. The van der Waals surface area contributed by atoms with Gasteiger partial charge in [-0.3, -0.25) is 0 Å². The van der Waals surface area contributed by atoms with Crippen molar-refractivity contribution in [3.05, 3.63) is 0 Å². The zero-order valence-electron chi connectivity index (χ0n) is 10.2. The summed E-state index contributed by atoms with van der Waals surface area (Å²) in [7, 11) is 1.40. The lowest BCUT2D eigenvalue weighted by molar-refractivity contribution is -0.310. The molecular weight excluding hydrogens is 208 g/mol. The van der Waals surface area contributed by atoms with Gasteiger partial charge in [-0.1, -0.05) is 13.8 Å². The van der Waals surface area contributed by atoms with E-state index in [1.165, 1.54) is 7.11 Å². The van der Waals surface area contributed by atoms with Crippen molar-refractivity contribution in [3.8, 4) is 0 Å². The fourth-order valence-electron chi connectivity index (χ4n) is 2.67. The van der Waals surface area contributed by atoms with Gasteiger partial charge >= 0.3 is 5.97 Å². The second kappa shape index (κ2) is 4.00. The number of carbonyl (C=O) groups excluding carboxylic acids is 1. The Hall–Kier alpha value is -0.610. The van der Waals surface area contributed by atoms with Gasteiger partial charge < -0.3 is 14.2 Å². The minimum absolute atomic E-state index is 0.0337. The number of hydrogen-bond acceptors (Lipinski definition) is 4. The van der Waals surface area contributed by atoms with Gasteiger partial charge in [0.05, 0.1) is 13.7 Å². The molecule has 2 aliphatic heterocycles. The molecule has 2 saturated heterocycles. The molecule has 1 spiro atoms. The molecule has 4 heteroatoms. The quantitative estimate of drug-likeness (QED) is 0.643. The van der Waals surface area contributed by atoms with Crippen molar-refractivity contribution < 1.29 is 19.0 Å². The molecule has 0 unspecified atom stereocenters. The van der Waals surface area contributed by atoms with Gasteiger partial charge in [-0.25, -0.2) is 4.79 Å². The van der Waals surface area contributed by atoms with Crippen LogP contribution in [0.4, 0.5) is 0 Å². The highest BCUT2D eigenvalue weighted by atomic mass is 16.7. The molecule has 0 aromatic heterocycles. The van der Waals surface area contributed by atoms with Crippen molar-refractivity contribution in [1.82, 2.24) is 0 Å². The van der Waals surface area contributed by atoms with E-state index in [0.29, 0.717) is 6.42 Å². The SMILES string of the molecule is COC(=O)[C@@H]1CCC(C)(C)[C@]2(CCCO2)O1. The highest BCUT2D eigenvalue weighted by Gasteiger charge is 2.54. The average Bonchev–Trinajstić information content (AvgIpc) is 2.71. The van der Waals surface area contributed by atoms with E-state index in [-0.39, 0.29) is 11.4 Å². The smallest absolute Gasteiger partial charge is 0.335 e. The first-order chi connectivity index (χ1) is 7.51. The maximum absolute atomic E-state index is 11.5. The molecule has 2 rings (SSSR count). The Morgan fingerprint density at radius 1 is 1.38 bits per heavy atom. The van der Waals surface area contributed by atoms with Crippen LogP contribution in [0.25, 0.3) is 0 Å². The van der Waals surface area contributed by atoms with Gasteiger partial charge in [0.2, 0.25) is 0 Å². The number of ether oxygens (including phenoxy) is 3. The molecule has 0 aliphatic carbocycles. The lowest BCUT2D eigenvalue weighted by Crippen LogP contribution is -2.54. The second-order valence-corrected chi connectivity index (χ2v) is 5.26. The van der Waals surface area contributed by atoms with Crippen LogP contribution in [-0.4, -0.2) is 31.6 Å². The Kier molecular flexibility index (Phi) is 2.97. The zero-order chi connectivity index (χ0) is 11.8.